The van der Waals surface area contributed by atoms with E-state index in [2.05, 4.69) is 19.9 Å². The number of fused-ring (bicyclic) bond motifs is 2. The number of halogens is 2. The molecule has 3 aromatic heterocycles. The van der Waals surface area contributed by atoms with Gasteiger partial charge in [0.05, 0.1) is 6.33 Å². The van der Waals surface area contributed by atoms with E-state index < -0.39 is 54.2 Å². The first-order valence-electron chi connectivity index (χ1n) is 11.9. The van der Waals surface area contributed by atoms with E-state index >= 15 is 4.39 Å². The van der Waals surface area contributed by atoms with Gasteiger partial charge in [-0.25, -0.2) is 19.0 Å². The highest BCUT2D eigenvalue weighted by Crippen LogP contribution is 2.58. The average molecular weight is 571 g/mol. The maximum absolute atomic E-state index is 15.6. The van der Waals surface area contributed by atoms with Crippen molar-refractivity contribution in [3.05, 3.63) is 66.0 Å². The van der Waals surface area contributed by atoms with E-state index in [4.69, 9.17) is 26.8 Å². The first-order valence-corrected chi connectivity index (χ1v) is 12.3. The number of nitrogens with two attached hydrogens (primary N) is 1. The Morgan fingerprint density at radius 3 is 2.38 bits per heavy atom. The van der Waals surface area contributed by atoms with Gasteiger partial charge in [0.15, 0.2) is 29.5 Å². The number of carboxylic acids is 2. The van der Waals surface area contributed by atoms with Crippen LogP contribution in [0.2, 0.25) is 5.28 Å². The average Bonchev–Trinajstić information content (AvgIpc) is 3.17. The number of hydrogen-bond acceptors (Lipinski definition) is 10. The number of anilines is 1. The van der Waals surface area contributed by atoms with Crippen LogP contribution in [0.25, 0.3) is 22.3 Å². The standard InChI is InChI=1S/C25H20ClFN6O7/c26-23-31-18(28)14-19(32-23)33(10-30-14)20-15(27)25(38)16(39-20)17(25)40-24(21(34)35,22(36)37)9-11-1-3-12(4-2-11)13-5-7-29-8-6-13/h1-8,10,15-17,20,38H,9H2,(H,34,35)(H,36,37)(H2,28,31,32)/t15-,16-,17?,20-,25+/m1/s1. The van der Waals surface area contributed by atoms with Crippen LogP contribution in [0.5, 0.6) is 0 Å². The first-order chi connectivity index (χ1) is 19.1. The monoisotopic (exact) mass is 570 g/mol. The molecule has 6 rings (SSSR count). The lowest BCUT2D eigenvalue weighted by Crippen LogP contribution is -2.53. The molecule has 4 aromatic rings. The summed E-state index contributed by atoms with van der Waals surface area (Å²) in [5.74, 6) is -3.68. The maximum Gasteiger partial charge on any atom is 0.348 e. The lowest BCUT2D eigenvalue weighted by molar-refractivity contribution is -0.194. The fourth-order valence-electron chi connectivity index (χ4n) is 4.98. The molecule has 2 fully saturated rings. The molecule has 1 saturated heterocycles. The fraction of sp³-hybridized carbons (Fsp3) is 0.280. The minimum absolute atomic E-state index is 0.0475. The molecule has 1 aliphatic carbocycles. The Hall–Kier alpha value is -4.24. The number of nitrogens with zero attached hydrogens (tertiary/aromatic N) is 5. The van der Waals surface area contributed by atoms with Crippen LogP contribution in [0.4, 0.5) is 10.2 Å². The van der Waals surface area contributed by atoms with Gasteiger partial charge in [-0.05, 0) is 40.4 Å². The Balaban J connectivity index is 1.24. The van der Waals surface area contributed by atoms with E-state index in [0.717, 1.165) is 15.7 Å². The number of pyridine rings is 1. The summed E-state index contributed by atoms with van der Waals surface area (Å²) in [6, 6.07) is 10.1. The van der Waals surface area contributed by atoms with Gasteiger partial charge in [-0.2, -0.15) is 9.97 Å². The number of ether oxygens (including phenoxy) is 2. The summed E-state index contributed by atoms with van der Waals surface area (Å²) in [6.07, 6.45) is -2.76. The fourth-order valence-corrected chi connectivity index (χ4v) is 5.15. The van der Waals surface area contributed by atoms with Crippen molar-refractivity contribution in [3.8, 4) is 11.1 Å². The van der Waals surface area contributed by atoms with Crippen molar-refractivity contribution in [3.63, 3.8) is 0 Å². The second kappa shape index (κ2) is 9.16. The lowest BCUT2D eigenvalue weighted by Gasteiger charge is -2.28. The largest absolute Gasteiger partial charge is 0.479 e. The molecular weight excluding hydrogens is 551 g/mol. The molecule has 0 spiro atoms. The highest BCUT2D eigenvalue weighted by molar-refractivity contribution is 6.28. The number of alkyl halides is 1. The van der Waals surface area contributed by atoms with Crippen LogP contribution in [0.1, 0.15) is 11.8 Å². The predicted octanol–water partition coefficient (Wildman–Crippen LogP) is 1.64. The van der Waals surface area contributed by atoms with Crippen LogP contribution in [-0.4, -0.2) is 81.3 Å². The van der Waals surface area contributed by atoms with Crippen LogP contribution in [0.3, 0.4) is 0 Å². The van der Waals surface area contributed by atoms with E-state index in [1.807, 2.05) is 0 Å². The number of aromatic nitrogens is 5. The number of carboxylic acid groups (broad SMARTS) is 2. The van der Waals surface area contributed by atoms with E-state index in [-0.39, 0.29) is 22.3 Å². The number of imidazole rings is 1. The minimum atomic E-state index is -2.83. The first kappa shape index (κ1) is 26.0. The van der Waals surface area contributed by atoms with Gasteiger partial charge in [-0.1, -0.05) is 24.3 Å². The molecule has 1 aromatic carbocycles. The van der Waals surface area contributed by atoms with Crippen LogP contribution in [0.15, 0.2) is 55.1 Å². The van der Waals surface area contributed by atoms with E-state index in [0.29, 0.717) is 5.56 Å². The molecule has 40 heavy (non-hydrogen) atoms. The molecule has 5 atom stereocenters. The zero-order valence-corrected chi connectivity index (χ0v) is 21.0. The number of aliphatic hydroxyl groups is 1. The third kappa shape index (κ3) is 3.87. The number of rotatable bonds is 8. The van der Waals surface area contributed by atoms with Gasteiger partial charge in [0.1, 0.15) is 17.7 Å². The van der Waals surface area contributed by atoms with E-state index in [1.165, 1.54) is 6.33 Å². The Labute approximate surface area is 229 Å². The van der Waals surface area contributed by atoms with Crippen molar-refractivity contribution >= 4 is 40.5 Å². The molecule has 0 amide bonds. The second-order valence-electron chi connectivity index (χ2n) is 9.52. The summed E-state index contributed by atoms with van der Waals surface area (Å²) in [5, 5.41) is 30.8. The van der Waals surface area contributed by atoms with Crippen molar-refractivity contribution in [1.29, 1.82) is 0 Å². The number of benzene rings is 1. The number of nitrogen functional groups attached to an aromatic ring is 1. The SMILES string of the molecule is Nc1nc(Cl)nc2c1ncn2[C@@H]1O[C@@H]2C(OC(Cc3ccc(-c4ccncc4)cc3)(C(=O)O)C(=O)O)[C@]2(O)[C@@H]1F. The van der Waals surface area contributed by atoms with Crippen LogP contribution in [0, 0.1) is 0 Å². The highest BCUT2D eigenvalue weighted by Gasteiger charge is 2.80. The third-order valence-electron chi connectivity index (χ3n) is 7.19. The zero-order chi connectivity index (χ0) is 28.4. The molecular formula is C25H20ClFN6O7. The molecule has 4 heterocycles. The van der Waals surface area contributed by atoms with Gasteiger partial charge in [-0.15, -0.1) is 0 Å². The number of carbonyl (C=O) groups is 2. The summed E-state index contributed by atoms with van der Waals surface area (Å²) in [4.78, 5) is 40.4. The van der Waals surface area contributed by atoms with Gasteiger partial charge in [0.25, 0.3) is 5.60 Å². The smallest absolute Gasteiger partial charge is 0.348 e. The molecule has 13 nitrogen and oxygen atoms in total. The van der Waals surface area contributed by atoms with Gasteiger partial charge in [0.2, 0.25) is 5.28 Å². The molecule has 15 heteroatoms. The summed E-state index contributed by atoms with van der Waals surface area (Å²) < 4.78 is 28.0. The third-order valence-corrected chi connectivity index (χ3v) is 7.36. The van der Waals surface area contributed by atoms with Gasteiger partial charge < -0.3 is 30.5 Å². The summed E-state index contributed by atoms with van der Waals surface area (Å²) >= 11 is 5.86. The normalized spacial score (nSPS) is 25.6. The van der Waals surface area contributed by atoms with Gasteiger partial charge >= 0.3 is 11.9 Å². The van der Waals surface area contributed by atoms with Crippen molar-refractivity contribution in [2.45, 2.75) is 42.2 Å². The molecule has 1 saturated carbocycles. The van der Waals surface area contributed by atoms with Crippen LogP contribution < -0.4 is 5.73 Å². The van der Waals surface area contributed by atoms with E-state index in [9.17, 15) is 24.9 Å². The molecule has 5 N–H and O–H groups in total. The van der Waals surface area contributed by atoms with Crippen molar-refractivity contribution in [2.24, 2.45) is 0 Å². The topological polar surface area (TPSA) is 196 Å². The Morgan fingerprint density at radius 2 is 1.77 bits per heavy atom. The van der Waals surface area contributed by atoms with Crippen LogP contribution in [-0.2, 0) is 25.5 Å². The molecule has 0 bridgehead atoms. The second-order valence-corrected chi connectivity index (χ2v) is 9.86. The molecule has 206 valence electrons. The summed E-state index contributed by atoms with van der Waals surface area (Å²) in [5.41, 5.74) is 2.79. The minimum Gasteiger partial charge on any atom is -0.479 e. The predicted molar refractivity (Wildman–Crippen MR) is 135 cm³/mol. The molecule has 1 unspecified atom stereocenters. The number of aliphatic carboxylic acids is 2. The maximum atomic E-state index is 15.6. The lowest BCUT2D eigenvalue weighted by atomic mass is 9.93. The Kier molecular flexibility index (Phi) is 5.96. The highest BCUT2D eigenvalue weighted by atomic mass is 35.5. The van der Waals surface area contributed by atoms with Crippen LogP contribution >= 0.6 is 11.6 Å². The Morgan fingerprint density at radius 1 is 1.12 bits per heavy atom. The molecule has 2 aliphatic rings. The summed E-state index contributed by atoms with van der Waals surface area (Å²) in [7, 11) is 0. The molecule has 0 radical (unpaired) electrons. The quantitative estimate of drug-likeness (QED) is 0.177. The molecule has 1 aliphatic heterocycles. The van der Waals surface area contributed by atoms with Crippen molar-refractivity contribution in [2.75, 3.05) is 5.73 Å². The zero-order valence-electron chi connectivity index (χ0n) is 20.3. The van der Waals surface area contributed by atoms with Gasteiger partial charge in [-0.3, -0.25) is 9.55 Å². The van der Waals surface area contributed by atoms with Crippen molar-refractivity contribution < 1.29 is 38.8 Å². The Bertz CT molecular complexity index is 1620. The van der Waals surface area contributed by atoms with E-state index in [1.54, 1.807) is 48.8 Å². The summed E-state index contributed by atoms with van der Waals surface area (Å²) in [6.45, 7) is 0. The van der Waals surface area contributed by atoms with Gasteiger partial charge in [0, 0.05) is 18.8 Å². The van der Waals surface area contributed by atoms with Crippen molar-refractivity contribution in [1.82, 2.24) is 24.5 Å². The number of hydrogen-bond donors (Lipinski definition) is 4.